The molecule has 3 aromatic rings. The fourth-order valence-electron chi connectivity index (χ4n) is 4.37. The van der Waals surface area contributed by atoms with Crippen LogP contribution in [0.2, 0.25) is 0 Å². The summed E-state index contributed by atoms with van der Waals surface area (Å²) in [4.78, 5) is 52.7. The number of rotatable bonds is 14. The van der Waals surface area contributed by atoms with E-state index in [2.05, 4.69) is 10.3 Å². The number of alkyl halides is 3. The van der Waals surface area contributed by atoms with Crippen molar-refractivity contribution in [3.05, 3.63) is 95.7 Å². The molecule has 2 unspecified atom stereocenters. The maximum atomic E-state index is 13.5. The number of nitrogens with one attached hydrogen (secondary N) is 2. The second kappa shape index (κ2) is 14.8. The van der Waals surface area contributed by atoms with Crippen LogP contribution < -0.4 is 11.1 Å². The molecule has 0 spiro atoms. The van der Waals surface area contributed by atoms with Crippen LogP contribution in [0.15, 0.2) is 78.9 Å². The van der Waals surface area contributed by atoms with Gasteiger partial charge in [0.25, 0.3) is 0 Å². The van der Waals surface area contributed by atoms with E-state index < -0.39 is 47.3 Å². The van der Waals surface area contributed by atoms with Gasteiger partial charge in [-0.3, -0.25) is 14.4 Å². The lowest BCUT2D eigenvalue weighted by molar-refractivity contribution is -0.138. The fraction of sp³-hybridized carbons (Fsp3) is 0.290. The average Bonchev–Trinajstić information content (AvgIpc) is 3.45. The van der Waals surface area contributed by atoms with Crippen molar-refractivity contribution in [3.8, 4) is 11.3 Å². The molecule has 222 valence electrons. The second-order valence-corrected chi connectivity index (χ2v) is 9.57. The summed E-state index contributed by atoms with van der Waals surface area (Å²) in [7, 11) is 0. The molecule has 2 amide bonds. The van der Waals surface area contributed by atoms with Crippen molar-refractivity contribution in [2.75, 3.05) is 6.61 Å². The number of hydrogen-bond acceptors (Lipinski definition) is 5. The normalized spacial score (nSPS) is 13.0. The third-order valence-electron chi connectivity index (χ3n) is 6.42. The number of carbonyl (C=O) groups is 4. The number of aromatic amines is 1. The molecule has 1 aromatic heterocycles. The summed E-state index contributed by atoms with van der Waals surface area (Å²) in [5.41, 5.74) is 5.28. The molecule has 0 bridgehead atoms. The Balaban J connectivity index is 1.83. The first-order valence-electron chi connectivity index (χ1n) is 13.3. The minimum atomic E-state index is -4.59. The smallest absolute Gasteiger partial charge is 0.417 e. The van der Waals surface area contributed by atoms with Crippen molar-refractivity contribution >= 4 is 23.6 Å². The number of hydrogen-bond donors (Lipinski definition) is 3. The maximum absolute atomic E-state index is 13.5. The average molecular weight is 584 g/mol. The van der Waals surface area contributed by atoms with Gasteiger partial charge in [-0.2, -0.15) is 13.2 Å². The third-order valence-corrected chi connectivity index (χ3v) is 6.42. The van der Waals surface area contributed by atoms with E-state index in [-0.39, 0.29) is 49.2 Å². The summed E-state index contributed by atoms with van der Waals surface area (Å²) >= 11 is 0. The van der Waals surface area contributed by atoms with Gasteiger partial charge in [0.2, 0.25) is 11.8 Å². The van der Waals surface area contributed by atoms with Crippen LogP contribution in [0.25, 0.3) is 11.3 Å². The molecule has 0 aliphatic heterocycles. The Morgan fingerprint density at radius 3 is 2.36 bits per heavy atom. The lowest BCUT2D eigenvalue weighted by Crippen LogP contribution is -2.40. The zero-order valence-electron chi connectivity index (χ0n) is 22.9. The van der Waals surface area contributed by atoms with Crippen LogP contribution in [0.3, 0.4) is 0 Å². The zero-order valence-corrected chi connectivity index (χ0v) is 22.9. The number of ether oxygens (including phenoxy) is 1. The number of benzene rings is 2. The van der Waals surface area contributed by atoms with E-state index in [0.29, 0.717) is 0 Å². The molecule has 3 rings (SSSR count). The standard InChI is InChI=1S/C31H32F3N3O5/c1-2-42-29(40)17-13-22(12-16-28(35)39)36-30(41)21(18-20-8-4-3-5-9-20)19-27(38)26-15-14-25(37-26)23-10-6-7-11-24(23)31(32,33)34/h3-11,13-15,17,21-22,37H,2,12,16,18-19H2,1H3,(H2,35,39)(H,36,41)/b17-13+. The lowest BCUT2D eigenvalue weighted by Gasteiger charge is -2.20. The van der Waals surface area contributed by atoms with Gasteiger partial charge < -0.3 is 20.8 Å². The second-order valence-electron chi connectivity index (χ2n) is 9.57. The Morgan fingerprint density at radius 2 is 1.69 bits per heavy atom. The topological polar surface area (TPSA) is 131 Å². The number of carbonyl (C=O) groups excluding carboxylic acids is 4. The summed E-state index contributed by atoms with van der Waals surface area (Å²) in [6, 6.07) is 16.1. The SMILES string of the molecule is CCOC(=O)/C=C/C(CCC(N)=O)NC(=O)C(CC(=O)c1ccc(-c2ccccc2C(F)(F)F)[nH]1)Cc1ccccc1. The highest BCUT2D eigenvalue weighted by atomic mass is 19.4. The van der Waals surface area contributed by atoms with Crippen LogP contribution in [0.5, 0.6) is 0 Å². The van der Waals surface area contributed by atoms with E-state index in [1.54, 1.807) is 31.2 Å². The summed E-state index contributed by atoms with van der Waals surface area (Å²) in [6.45, 7) is 1.80. The van der Waals surface area contributed by atoms with Gasteiger partial charge in [0.1, 0.15) is 0 Å². The van der Waals surface area contributed by atoms with E-state index in [9.17, 15) is 32.3 Å². The minimum absolute atomic E-state index is 0.0559. The molecule has 0 aliphatic rings. The van der Waals surface area contributed by atoms with Crippen LogP contribution in [-0.4, -0.2) is 41.2 Å². The number of halogens is 3. The van der Waals surface area contributed by atoms with E-state index in [0.717, 1.165) is 17.7 Å². The Labute approximate surface area is 241 Å². The van der Waals surface area contributed by atoms with Crippen molar-refractivity contribution in [2.24, 2.45) is 11.7 Å². The van der Waals surface area contributed by atoms with Crippen LogP contribution >= 0.6 is 0 Å². The highest BCUT2D eigenvalue weighted by Crippen LogP contribution is 2.36. The van der Waals surface area contributed by atoms with E-state index in [1.165, 1.54) is 36.4 Å². The molecular formula is C31H32F3N3O5. The van der Waals surface area contributed by atoms with Gasteiger partial charge in [-0.05, 0) is 43.5 Å². The van der Waals surface area contributed by atoms with Gasteiger partial charge >= 0.3 is 12.1 Å². The van der Waals surface area contributed by atoms with E-state index in [4.69, 9.17) is 10.5 Å². The number of ketones is 1. The van der Waals surface area contributed by atoms with E-state index in [1.807, 2.05) is 6.07 Å². The van der Waals surface area contributed by atoms with Crippen molar-refractivity contribution in [1.29, 1.82) is 0 Å². The van der Waals surface area contributed by atoms with Gasteiger partial charge in [-0.1, -0.05) is 54.6 Å². The first-order chi connectivity index (χ1) is 20.0. The number of amides is 2. The molecule has 1 heterocycles. The van der Waals surface area contributed by atoms with Crippen LogP contribution in [0, 0.1) is 5.92 Å². The Hall–Kier alpha value is -4.67. The molecule has 8 nitrogen and oxygen atoms in total. The number of H-pyrrole nitrogens is 1. The number of primary amides is 1. The number of nitrogens with two attached hydrogens (primary N) is 1. The van der Waals surface area contributed by atoms with Crippen LogP contribution in [-0.2, 0) is 31.7 Å². The van der Waals surface area contributed by atoms with Gasteiger partial charge in [0.05, 0.1) is 17.9 Å². The molecule has 4 N–H and O–H groups in total. The van der Waals surface area contributed by atoms with Crippen molar-refractivity contribution < 1.29 is 37.1 Å². The lowest BCUT2D eigenvalue weighted by atomic mass is 9.92. The highest BCUT2D eigenvalue weighted by Gasteiger charge is 2.34. The number of esters is 1. The number of Topliss-reactive ketones (excluding diaryl/α,β-unsaturated/α-hetero) is 1. The van der Waals surface area contributed by atoms with Gasteiger partial charge in [0, 0.05) is 42.1 Å². The Kier molecular flexibility index (Phi) is 11.2. The summed E-state index contributed by atoms with van der Waals surface area (Å²) in [5, 5.41) is 2.77. The van der Waals surface area contributed by atoms with Crippen molar-refractivity contribution in [1.82, 2.24) is 10.3 Å². The first kappa shape index (κ1) is 31.9. The molecule has 0 radical (unpaired) electrons. The number of aromatic nitrogens is 1. The molecule has 0 saturated carbocycles. The maximum Gasteiger partial charge on any atom is 0.417 e. The van der Waals surface area contributed by atoms with E-state index >= 15 is 0 Å². The quantitative estimate of drug-likeness (QED) is 0.140. The van der Waals surface area contributed by atoms with Gasteiger partial charge in [-0.15, -0.1) is 0 Å². The Bertz CT molecular complexity index is 1420. The largest absolute Gasteiger partial charge is 0.463 e. The highest BCUT2D eigenvalue weighted by molar-refractivity contribution is 5.98. The monoisotopic (exact) mass is 583 g/mol. The molecule has 0 saturated heterocycles. The summed E-state index contributed by atoms with van der Waals surface area (Å²) in [5.74, 6) is -3.07. The van der Waals surface area contributed by atoms with Crippen LogP contribution in [0.4, 0.5) is 13.2 Å². The minimum Gasteiger partial charge on any atom is -0.463 e. The summed E-state index contributed by atoms with van der Waals surface area (Å²) in [6.07, 6.45) is -2.06. The molecule has 2 aromatic carbocycles. The molecule has 11 heteroatoms. The van der Waals surface area contributed by atoms with Gasteiger partial charge in [-0.25, -0.2) is 4.79 Å². The molecule has 2 atom stereocenters. The first-order valence-corrected chi connectivity index (χ1v) is 13.3. The predicted octanol–water partition coefficient (Wildman–Crippen LogP) is 5.00. The molecule has 0 aliphatic carbocycles. The van der Waals surface area contributed by atoms with Crippen LogP contribution in [0.1, 0.15) is 47.8 Å². The summed E-state index contributed by atoms with van der Waals surface area (Å²) < 4.78 is 45.5. The van der Waals surface area contributed by atoms with Crippen molar-refractivity contribution in [3.63, 3.8) is 0 Å². The molecular weight excluding hydrogens is 551 g/mol. The fourth-order valence-corrected chi connectivity index (χ4v) is 4.37. The molecule has 42 heavy (non-hydrogen) atoms. The van der Waals surface area contributed by atoms with Crippen molar-refractivity contribution in [2.45, 2.75) is 44.8 Å². The molecule has 0 fully saturated rings. The third kappa shape index (κ3) is 9.46. The zero-order chi connectivity index (χ0) is 30.7. The van der Waals surface area contributed by atoms with Gasteiger partial charge in [0.15, 0.2) is 5.78 Å². The Morgan fingerprint density at radius 1 is 1.00 bits per heavy atom. The predicted molar refractivity (Wildman–Crippen MR) is 150 cm³/mol.